The molecule has 1 aliphatic heterocycles. The van der Waals surface area contributed by atoms with E-state index in [1.54, 1.807) is 6.92 Å². The lowest BCUT2D eigenvalue weighted by Crippen LogP contribution is -2.42. The number of alkyl halides is 3. The van der Waals surface area contributed by atoms with E-state index in [9.17, 15) is 22.8 Å². The Labute approximate surface area is 177 Å². The first-order valence-corrected chi connectivity index (χ1v) is 9.90. The maximum atomic E-state index is 13.6. The van der Waals surface area contributed by atoms with Crippen molar-refractivity contribution in [3.05, 3.63) is 102 Å². The number of anilines is 1. The van der Waals surface area contributed by atoms with E-state index < -0.39 is 40.3 Å². The average molecular weight is 421 g/mol. The molecule has 1 heterocycles. The van der Waals surface area contributed by atoms with E-state index in [1.807, 2.05) is 60.7 Å². The molecule has 5 rings (SSSR count). The summed E-state index contributed by atoms with van der Waals surface area (Å²) in [6.45, 7) is 1.74. The van der Waals surface area contributed by atoms with Gasteiger partial charge < -0.3 is 0 Å². The molecule has 0 unspecified atom stereocenters. The summed E-state index contributed by atoms with van der Waals surface area (Å²) in [7, 11) is 0. The molecular weight excluding hydrogens is 403 g/mol. The van der Waals surface area contributed by atoms with E-state index in [0.29, 0.717) is 0 Å². The van der Waals surface area contributed by atoms with Gasteiger partial charge in [0.25, 0.3) is 0 Å². The van der Waals surface area contributed by atoms with Crippen molar-refractivity contribution >= 4 is 17.5 Å². The van der Waals surface area contributed by atoms with Crippen molar-refractivity contribution in [2.45, 2.75) is 18.5 Å². The maximum absolute atomic E-state index is 13.6. The van der Waals surface area contributed by atoms with E-state index in [-0.39, 0.29) is 5.69 Å². The second-order valence-electron chi connectivity index (χ2n) is 8.20. The molecule has 2 atom stereocenters. The summed E-state index contributed by atoms with van der Waals surface area (Å²) in [5.41, 5.74) is -1.18. The van der Waals surface area contributed by atoms with Crippen LogP contribution in [0, 0.1) is 11.3 Å². The lowest BCUT2D eigenvalue weighted by Gasteiger charge is -2.29. The van der Waals surface area contributed by atoms with Crippen molar-refractivity contribution < 1.29 is 22.8 Å². The van der Waals surface area contributed by atoms with Crippen molar-refractivity contribution in [2.75, 3.05) is 4.90 Å². The summed E-state index contributed by atoms with van der Waals surface area (Å²) >= 11 is 0. The molecule has 1 aliphatic carbocycles. The first-order valence-electron chi connectivity index (χ1n) is 9.90. The monoisotopic (exact) mass is 421 g/mol. The average Bonchev–Trinajstić information content (AvgIpc) is 3.29. The Hall–Kier alpha value is -3.41. The number of carbonyl (C=O) groups excluding carboxylic acids is 2. The highest BCUT2D eigenvalue weighted by atomic mass is 19.4. The van der Waals surface area contributed by atoms with Gasteiger partial charge in [-0.05, 0) is 36.2 Å². The number of hydrogen-bond donors (Lipinski definition) is 0. The molecule has 2 fully saturated rings. The van der Waals surface area contributed by atoms with Gasteiger partial charge in [-0.15, -0.1) is 0 Å². The Bertz CT molecular complexity index is 1150. The van der Waals surface area contributed by atoms with E-state index >= 15 is 0 Å². The first-order chi connectivity index (χ1) is 14.7. The third-order valence-corrected chi connectivity index (χ3v) is 6.75. The normalized spacial score (nSPS) is 24.3. The summed E-state index contributed by atoms with van der Waals surface area (Å²) in [5.74, 6) is -1.64. The van der Waals surface area contributed by atoms with Gasteiger partial charge in [-0.1, -0.05) is 66.7 Å². The molecule has 0 aromatic heterocycles. The zero-order valence-electron chi connectivity index (χ0n) is 16.6. The van der Waals surface area contributed by atoms with Crippen molar-refractivity contribution in [3.8, 4) is 0 Å². The number of amides is 2. The van der Waals surface area contributed by atoms with Crippen molar-refractivity contribution in [2.24, 2.45) is 11.3 Å². The zero-order valence-corrected chi connectivity index (χ0v) is 16.6. The number of rotatable bonds is 3. The molecule has 156 valence electrons. The fourth-order valence-electron chi connectivity index (χ4n) is 5.37. The predicted molar refractivity (Wildman–Crippen MR) is 109 cm³/mol. The topological polar surface area (TPSA) is 37.4 Å². The largest absolute Gasteiger partial charge is 0.416 e. The fraction of sp³-hybridized carbons (Fsp3) is 0.200. The van der Waals surface area contributed by atoms with Crippen LogP contribution in [-0.2, 0) is 21.2 Å². The van der Waals surface area contributed by atoms with Gasteiger partial charge >= 0.3 is 6.18 Å². The van der Waals surface area contributed by atoms with Crippen LogP contribution in [0.25, 0.3) is 0 Å². The molecule has 3 aromatic rings. The predicted octanol–water partition coefficient (Wildman–Crippen LogP) is 5.20. The minimum Gasteiger partial charge on any atom is -0.274 e. The van der Waals surface area contributed by atoms with Gasteiger partial charge in [0, 0.05) is 5.41 Å². The van der Waals surface area contributed by atoms with Crippen LogP contribution in [0.5, 0.6) is 0 Å². The highest BCUT2D eigenvalue weighted by molar-refractivity contribution is 6.29. The van der Waals surface area contributed by atoms with Gasteiger partial charge in [0.15, 0.2) is 0 Å². The summed E-state index contributed by atoms with van der Waals surface area (Å²) in [6, 6.07) is 23.1. The number of carbonyl (C=O) groups is 2. The maximum Gasteiger partial charge on any atom is 0.416 e. The Balaban J connectivity index is 1.64. The Morgan fingerprint density at radius 2 is 1.35 bits per heavy atom. The first kappa shape index (κ1) is 19.5. The minimum absolute atomic E-state index is 0.0479. The molecular formula is C25H18F3NO2. The quantitative estimate of drug-likeness (QED) is 0.545. The lowest BCUT2D eigenvalue weighted by atomic mass is 9.79. The third kappa shape index (κ3) is 2.42. The van der Waals surface area contributed by atoms with Crippen LogP contribution in [0.2, 0.25) is 0 Å². The van der Waals surface area contributed by atoms with Crippen LogP contribution in [-0.4, -0.2) is 11.8 Å². The Morgan fingerprint density at radius 3 is 1.81 bits per heavy atom. The molecule has 0 spiro atoms. The van der Waals surface area contributed by atoms with Crippen molar-refractivity contribution in [1.82, 2.24) is 0 Å². The van der Waals surface area contributed by atoms with Crippen molar-refractivity contribution in [3.63, 3.8) is 0 Å². The second kappa shape index (κ2) is 6.30. The summed E-state index contributed by atoms with van der Waals surface area (Å²) in [4.78, 5) is 28.1. The minimum atomic E-state index is -4.56. The number of piperidine rings is 1. The smallest absolute Gasteiger partial charge is 0.274 e. The van der Waals surface area contributed by atoms with E-state index in [1.165, 1.54) is 12.1 Å². The second-order valence-corrected chi connectivity index (χ2v) is 8.20. The van der Waals surface area contributed by atoms with E-state index in [4.69, 9.17) is 0 Å². The highest BCUT2D eigenvalue weighted by Crippen LogP contribution is 2.76. The number of benzene rings is 3. The van der Waals surface area contributed by atoms with Gasteiger partial charge in [-0.25, -0.2) is 4.90 Å². The van der Waals surface area contributed by atoms with Gasteiger partial charge in [0.2, 0.25) is 11.8 Å². The summed E-state index contributed by atoms with van der Waals surface area (Å²) < 4.78 is 39.6. The molecule has 1 saturated carbocycles. The van der Waals surface area contributed by atoms with Crippen LogP contribution in [0.4, 0.5) is 18.9 Å². The van der Waals surface area contributed by atoms with Crippen LogP contribution in [0.1, 0.15) is 23.6 Å². The number of fused-ring (bicyclic) bond motifs is 1. The van der Waals surface area contributed by atoms with Crippen LogP contribution >= 0.6 is 0 Å². The van der Waals surface area contributed by atoms with Gasteiger partial charge in [0.1, 0.15) is 0 Å². The molecule has 1 saturated heterocycles. The standard InChI is InChI=1S/C25H18F3NO2/c1-23-20(24(23,16-9-4-2-5-10-16)17-11-6-3-7-12-17)21(30)29(22(23)31)19-14-8-13-18(15-19)25(26,27)28/h2-15,20H,1H3/t20-,23+/m0/s1. The van der Waals surface area contributed by atoms with Gasteiger partial charge in [-0.3, -0.25) is 9.59 Å². The number of imide groups is 1. The molecule has 0 radical (unpaired) electrons. The summed E-state index contributed by atoms with van der Waals surface area (Å²) in [5, 5.41) is 0. The van der Waals surface area contributed by atoms with Crippen molar-refractivity contribution in [1.29, 1.82) is 0 Å². The van der Waals surface area contributed by atoms with Crippen LogP contribution in [0.3, 0.4) is 0 Å². The number of nitrogens with zero attached hydrogens (tertiary/aromatic N) is 1. The molecule has 2 aliphatic rings. The lowest BCUT2D eigenvalue weighted by molar-refractivity contribution is -0.137. The molecule has 31 heavy (non-hydrogen) atoms. The summed E-state index contributed by atoms with van der Waals surface area (Å²) in [6.07, 6.45) is -4.56. The highest BCUT2D eigenvalue weighted by Gasteiger charge is 2.86. The number of halogens is 3. The Morgan fingerprint density at radius 1 is 0.806 bits per heavy atom. The van der Waals surface area contributed by atoms with Gasteiger partial charge in [-0.2, -0.15) is 13.2 Å². The third-order valence-electron chi connectivity index (χ3n) is 6.75. The van der Waals surface area contributed by atoms with E-state index in [0.717, 1.165) is 28.2 Å². The molecule has 0 N–H and O–H groups in total. The van der Waals surface area contributed by atoms with E-state index in [2.05, 4.69) is 0 Å². The molecule has 0 bridgehead atoms. The molecule has 3 aromatic carbocycles. The van der Waals surface area contributed by atoms with Crippen LogP contribution in [0.15, 0.2) is 84.9 Å². The SMILES string of the molecule is C[C@]12C(=O)N(c3cccc(C(F)(F)F)c3)C(=O)[C@@H]1C2(c1ccccc1)c1ccccc1. The molecule has 3 nitrogen and oxygen atoms in total. The number of hydrogen-bond acceptors (Lipinski definition) is 2. The van der Waals surface area contributed by atoms with Gasteiger partial charge in [0.05, 0.1) is 22.6 Å². The Kier molecular flexibility index (Phi) is 3.97. The zero-order chi connectivity index (χ0) is 22.0. The molecule has 6 heteroatoms. The molecule has 2 amide bonds. The fourth-order valence-corrected chi connectivity index (χ4v) is 5.37. The van der Waals surface area contributed by atoms with Crippen LogP contribution < -0.4 is 4.90 Å².